The van der Waals surface area contributed by atoms with Crippen LogP contribution in [0.5, 0.6) is 5.75 Å². The minimum Gasteiger partial charge on any atom is -0.497 e. The van der Waals surface area contributed by atoms with Crippen molar-refractivity contribution in [3.05, 3.63) is 52.8 Å². The van der Waals surface area contributed by atoms with Crippen molar-refractivity contribution in [2.24, 2.45) is 5.73 Å². The van der Waals surface area contributed by atoms with Crippen LogP contribution >= 0.6 is 0 Å². The van der Waals surface area contributed by atoms with E-state index in [0.29, 0.717) is 18.5 Å². The van der Waals surface area contributed by atoms with Gasteiger partial charge in [0.1, 0.15) is 5.75 Å². The zero-order chi connectivity index (χ0) is 19.2. The highest BCUT2D eigenvalue weighted by atomic mass is 16.5. The van der Waals surface area contributed by atoms with Gasteiger partial charge in [-0.2, -0.15) is 0 Å². The molecule has 5 nitrogen and oxygen atoms in total. The molecule has 0 amide bonds. The Morgan fingerprint density at radius 2 is 1.96 bits per heavy atom. The van der Waals surface area contributed by atoms with Crippen molar-refractivity contribution in [3.63, 3.8) is 0 Å². The number of ketones is 1. The molecule has 4 N–H and O–H groups in total. The van der Waals surface area contributed by atoms with Crippen LogP contribution in [-0.2, 0) is 12.8 Å². The molecule has 1 aromatic carbocycles. The van der Waals surface area contributed by atoms with Crippen molar-refractivity contribution in [2.45, 2.75) is 51.5 Å². The molecule has 0 radical (unpaired) electrons. The van der Waals surface area contributed by atoms with Gasteiger partial charge in [0.15, 0.2) is 5.78 Å². The summed E-state index contributed by atoms with van der Waals surface area (Å²) in [5.74, 6) is 0.972. The van der Waals surface area contributed by atoms with E-state index in [9.17, 15) is 9.90 Å². The lowest BCUT2D eigenvalue weighted by molar-refractivity contribution is 0.0975. The van der Waals surface area contributed by atoms with E-state index in [1.807, 2.05) is 44.2 Å². The molecule has 1 heterocycles. The number of carbonyl (C=O) groups excluding carboxylic acids is 1. The number of nitrogens with one attached hydrogen (secondary N) is 1. The smallest absolute Gasteiger partial charge is 0.179 e. The third-order valence-corrected chi connectivity index (χ3v) is 4.76. The Bertz CT molecular complexity index is 717. The van der Waals surface area contributed by atoms with Gasteiger partial charge in [0.2, 0.25) is 0 Å². The number of Topliss-reactive ketones (excluding diaryl/α,β-unsaturated/α-hetero) is 1. The summed E-state index contributed by atoms with van der Waals surface area (Å²) in [6, 6.07) is 9.86. The maximum Gasteiger partial charge on any atom is 0.179 e. The zero-order valence-corrected chi connectivity index (χ0v) is 16.0. The first-order valence-corrected chi connectivity index (χ1v) is 9.09. The first kappa shape index (κ1) is 20.2. The highest BCUT2D eigenvalue weighted by molar-refractivity contribution is 5.94. The van der Waals surface area contributed by atoms with Crippen molar-refractivity contribution in [3.8, 4) is 5.75 Å². The van der Waals surface area contributed by atoms with Crippen LogP contribution in [0.3, 0.4) is 0 Å². The van der Waals surface area contributed by atoms with E-state index in [1.165, 1.54) is 5.56 Å². The fourth-order valence-corrected chi connectivity index (χ4v) is 2.88. The van der Waals surface area contributed by atoms with Crippen molar-refractivity contribution >= 4 is 5.78 Å². The van der Waals surface area contributed by atoms with Crippen molar-refractivity contribution < 1.29 is 14.6 Å². The maximum absolute atomic E-state index is 12.4. The summed E-state index contributed by atoms with van der Waals surface area (Å²) in [6.07, 6.45) is 3.57. The lowest BCUT2D eigenvalue weighted by Crippen LogP contribution is -2.40. The number of benzene rings is 1. The fourth-order valence-electron chi connectivity index (χ4n) is 2.88. The molecule has 2 aromatic rings. The Morgan fingerprint density at radius 1 is 1.27 bits per heavy atom. The van der Waals surface area contributed by atoms with Gasteiger partial charge in [0.25, 0.3) is 0 Å². The Kier molecular flexibility index (Phi) is 7.00. The highest BCUT2D eigenvalue weighted by Gasteiger charge is 2.18. The Hall–Kier alpha value is -2.11. The predicted octanol–water partition coefficient (Wildman–Crippen LogP) is 3.18. The van der Waals surface area contributed by atoms with Crippen LogP contribution in [0.4, 0.5) is 0 Å². The number of ether oxygens (including phenoxy) is 1. The maximum atomic E-state index is 12.4. The Labute approximate surface area is 155 Å². The summed E-state index contributed by atoms with van der Waals surface area (Å²) in [5, 5.41) is 9.26. The standard InChI is InChI=1S/C21H30N2O3/c1-15-13-19(23-18(15)11-12-21(2,22)14-24)20(25)6-4-5-16-7-9-17(26-3)10-8-16/h7-10,13,23-24H,4-6,11-12,14,22H2,1-3H3/t21-/m1/s1. The molecule has 0 saturated heterocycles. The summed E-state index contributed by atoms with van der Waals surface area (Å²) >= 11 is 0. The van der Waals surface area contributed by atoms with Crippen LogP contribution < -0.4 is 10.5 Å². The molecule has 0 aliphatic rings. The van der Waals surface area contributed by atoms with Crippen molar-refractivity contribution in [1.29, 1.82) is 0 Å². The van der Waals surface area contributed by atoms with E-state index in [4.69, 9.17) is 10.5 Å². The quantitative estimate of drug-likeness (QED) is 0.569. The van der Waals surface area contributed by atoms with Gasteiger partial charge in [-0.3, -0.25) is 4.79 Å². The van der Waals surface area contributed by atoms with Crippen LogP contribution in [-0.4, -0.2) is 35.1 Å². The summed E-state index contributed by atoms with van der Waals surface area (Å²) in [6.45, 7) is 3.77. The second kappa shape index (κ2) is 9.01. The number of H-pyrrole nitrogens is 1. The number of aliphatic hydroxyl groups excluding tert-OH is 1. The number of hydrogen-bond acceptors (Lipinski definition) is 4. The Balaban J connectivity index is 1.86. The molecule has 0 saturated carbocycles. The van der Waals surface area contributed by atoms with E-state index in [0.717, 1.165) is 36.3 Å². The average molecular weight is 358 g/mol. The first-order valence-electron chi connectivity index (χ1n) is 9.09. The SMILES string of the molecule is COc1ccc(CCCC(=O)c2cc(C)c(CC[C@@](C)(N)CO)[nH]2)cc1. The van der Waals surface area contributed by atoms with Gasteiger partial charge in [-0.1, -0.05) is 12.1 Å². The normalized spacial score (nSPS) is 13.4. The molecule has 1 atom stereocenters. The fraction of sp³-hybridized carbons (Fsp3) is 0.476. The van der Waals surface area contributed by atoms with Crippen molar-refractivity contribution in [2.75, 3.05) is 13.7 Å². The number of rotatable bonds is 10. The summed E-state index contributed by atoms with van der Waals surface area (Å²) in [4.78, 5) is 15.7. The van der Waals surface area contributed by atoms with Gasteiger partial charge in [-0.05, 0) is 68.9 Å². The van der Waals surface area contributed by atoms with Gasteiger partial charge in [0.05, 0.1) is 19.4 Å². The molecule has 26 heavy (non-hydrogen) atoms. The van der Waals surface area contributed by atoms with E-state index in [1.54, 1.807) is 7.11 Å². The van der Waals surface area contributed by atoms with Crippen molar-refractivity contribution in [1.82, 2.24) is 4.98 Å². The van der Waals surface area contributed by atoms with Gasteiger partial charge in [-0.25, -0.2) is 0 Å². The van der Waals surface area contributed by atoms with Crippen LogP contribution in [0.1, 0.15) is 53.5 Å². The molecule has 2 rings (SSSR count). The molecule has 0 fully saturated rings. The van der Waals surface area contributed by atoms with Gasteiger partial charge in [-0.15, -0.1) is 0 Å². The number of carbonyl (C=O) groups is 1. The van der Waals surface area contributed by atoms with Crippen LogP contribution in [0, 0.1) is 6.92 Å². The average Bonchev–Trinajstić information content (AvgIpc) is 3.01. The largest absolute Gasteiger partial charge is 0.497 e. The number of aryl methyl sites for hydroxylation is 3. The molecule has 142 valence electrons. The van der Waals surface area contributed by atoms with E-state index in [-0.39, 0.29) is 12.4 Å². The topological polar surface area (TPSA) is 88.3 Å². The minimum absolute atomic E-state index is 0.0517. The van der Waals surface area contributed by atoms with E-state index in [2.05, 4.69) is 4.98 Å². The second-order valence-corrected chi connectivity index (χ2v) is 7.28. The number of aromatic nitrogens is 1. The molecule has 0 unspecified atom stereocenters. The van der Waals surface area contributed by atoms with Crippen LogP contribution in [0.25, 0.3) is 0 Å². The number of nitrogens with two attached hydrogens (primary N) is 1. The summed E-state index contributed by atoms with van der Waals surface area (Å²) < 4.78 is 5.15. The number of methoxy groups -OCH3 is 1. The molecule has 1 aromatic heterocycles. The van der Waals surface area contributed by atoms with Gasteiger partial charge in [0, 0.05) is 17.7 Å². The van der Waals surface area contributed by atoms with E-state index >= 15 is 0 Å². The lowest BCUT2D eigenvalue weighted by Gasteiger charge is -2.21. The van der Waals surface area contributed by atoms with Gasteiger partial charge < -0.3 is 20.6 Å². The van der Waals surface area contributed by atoms with E-state index < -0.39 is 5.54 Å². The predicted molar refractivity (Wildman–Crippen MR) is 104 cm³/mol. The molecule has 0 spiro atoms. The van der Waals surface area contributed by atoms with Gasteiger partial charge >= 0.3 is 0 Å². The number of hydrogen-bond donors (Lipinski definition) is 3. The minimum atomic E-state index is -0.597. The summed E-state index contributed by atoms with van der Waals surface area (Å²) in [5.41, 5.74) is 9.34. The highest BCUT2D eigenvalue weighted by Crippen LogP contribution is 2.18. The lowest BCUT2D eigenvalue weighted by atomic mass is 9.96. The molecular weight excluding hydrogens is 328 g/mol. The third kappa shape index (κ3) is 5.71. The molecule has 0 bridgehead atoms. The monoisotopic (exact) mass is 358 g/mol. The van der Waals surface area contributed by atoms with Crippen LogP contribution in [0.2, 0.25) is 0 Å². The molecule has 0 aliphatic carbocycles. The molecule has 5 heteroatoms. The first-order chi connectivity index (χ1) is 12.3. The summed E-state index contributed by atoms with van der Waals surface area (Å²) in [7, 11) is 1.65. The third-order valence-electron chi connectivity index (χ3n) is 4.76. The van der Waals surface area contributed by atoms with Crippen LogP contribution in [0.15, 0.2) is 30.3 Å². The number of aromatic amines is 1. The molecule has 0 aliphatic heterocycles. The molecular formula is C21H30N2O3. The Morgan fingerprint density at radius 3 is 2.58 bits per heavy atom. The zero-order valence-electron chi connectivity index (χ0n) is 16.0. The second-order valence-electron chi connectivity index (χ2n) is 7.28. The number of aliphatic hydroxyl groups is 1.